The van der Waals surface area contributed by atoms with Crippen LogP contribution < -0.4 is 5.32 Å². The van der Waals surface area contributed by atoms with Gasteiger partial charge in [-0.3, -0.25) is 10.1 Å². The van der Waals surface area contributed by atoms with Crippen molar-refractivity contribution in [2.24, 2.45) is 5.92 Å². The van der Waals surface area contributed by atoms with Gasteiger partial charge in [-0.1, -0.05) is 13.8 Å². The van der Waals surface area contributed by atoms with E-state index in [4.69, 9.17) is 0 Å². The summed E-state index contributed by atoms with van der Waals surface area (Å²) in [4.78, 5) is 40.1. The maximum atomic E-state index is 13.2. The summed E-state index contributed by atoms with van der Waals surface area (Å²) in [6.07, 6.45) is 3.67. The monoisotopic (exact) mass is 412 g/mol. The number of fused-ring (bicyclic) bond motifs is 1. The smallest absolute Gasteiger partial charge is 0.429 e. The summed E-state index contributed by atoms with van der Waals surface area (Å²) in [6.45, 7) is 5.02. The zero-order valence-corrected chi connectivity index (χ0v) is 16.3. The minimum absolute atomic E-state index is 0.168. The first-order valence-corrected chi connectivity index (χ1v) is 9.05. The number of hydrogen-bond acceptors (Lipinski definition) is 5. The van der Waals surface area contributed by atoms with Crippen molar-refractivity contribution in [3.05, 3.63) is 21.8 Å². The molecule has 1 unspecified atom stereocenters. The number of imide groups is 1. The third-order valence-corrected chi connectivity index (χ3v) is 5.06. The number of carbonyl (C=O) groups excluding carboxylic acids is 3. The second-order valence-electron chi connectivity index (χ2n) is 6.71. The normalized spacial score (nSPS) is 19.6. The van der Waals surface area contributed by atoms with Crippen LogP contribution in [0.1, 0.15) is 42.6 Å². The van der Waals surface area contributed by atoms with Gasteiger partial charge in [0.15, 0.2) is 5.82 Å². The molecule has 1 aliphatic heterocycles. The molecule has 0 radical (unpaired) electrons. The first kappa shape index (κ1) is 19.5. The van der Waals surface area contributed by atoms with Gasteiger partial charge in [0.25, 0.3) is 6.47 Å². The zero-order valence-electron chi connectivity index (χ0n) is 14.7. The first-order chi connectivity index (χ1) is 11.8. The number of urea groups is 1. The van der Waals surface area contributed by atoms with E-state index in [1.807, 2.05) is 0 Å². The topological polar surface area (TPSA) is 85.4 Å². The third-order valence-electron chi connectivity index (χ3n) is 4.38. The van der Waals surface area contributed by atoms with Gasteiger partial charge in [0.05, 0.1) is 20.2 Å². The lowest BCUT2D eigenvalue weighted by atomic mass is 9.97. The number of carbonyl (C=O) groups is 3. The van der Waals surface area contributed by atoms with Crippen molar-refractivity contribution in [3.63, 3.8) is 0 Å². The molecule has 2 heterocycles. The van der Waals surface area contributed by atoms with E-state index in [0.717, 1.165) is 22.9 Å². The Balaban J connectivity index is 2.36. The highest BCUT2D eigenvalue weighted by atomic mass is 79.9. The van der Waals surface area contributed by atoms with E-state index in [1.54, 1.807) is 13.2 Å². The summed E-state index contributed by atoms with van der Waals surface area (Å²) >= 11 is 3.49. The molecule has 0 aromatic carbocycles. The van der Waals surface area contributed by atoms with Crippen LogP contribution in [0.5, 0.6) is 0 Å². The SMILES string of the molecule is CC(C)CCc1c(Br)cnc2c1C(=O)[N+](C)(CCCOC=O)C(=O)N2. The first-order valence-electron chi connectivity index (χ1n) is 8.25. The minimum Gasteiger partial charge on any atom is -0.468 e. The molecule has 3 amide bonds. The fourth-order valence-corrected chi connectivity index (χ4v) is 3.31. The second-order valence-corrected chi connectivity index (χ2v) is 7.57. The van der Waals surface area contributed by atoms with Crippen LogP contribution in [0.2, 0.25) is 0 Å². The maximum Gasteiger partial charge on any atom is 0.429 e. The summed E-state index contributed by atoms with van der Waals surface area (Å²) in [5, 5.41) is 2.75. The summed E-state index contributed by atoms with van der Waals surface area (Å²) < 4.78 is 5.02. The van der Waals surface area contributed by atoms with Gasteiger partial charge in [0.2, 0.25) is 0 Å². The van der Waals surface area contributed by atoms with Crippen molar-refractivity contribution < 1.29 is 23.6 Å². The van der Waals surface area contributed by atoms with Gasteiger partial charge in [-0.2, -0.15) is 4.48 Å². The molecule has 1 atom stereocenters. The lowest BCUT2D eigenvalue weighted by molar-refractivity contribution is -0.743. The highest BCUT2D eigenvalue weighted by Crippen LogP contribution is 2.33. The van der Waals surface area contributed by atoms with Gasteiger partial charge in [-0.25, -0.2) is 14.6 Å². The number of nitrogens with one attached hydrogen (secondary N) is 1. The summed E-state index contributed by atoms with van der Waals surface area (Å²) in [6, 6.07) is -0.423. The molecular formula is C17H23BrN3O4+. The van der Waals surface area contributed by atoms with E-state index in [0.29, 0.717) is 30.2 Å². The molecule has 0 saturated carbocycles. The summed E-state index contributed by atoms with van der Waals surface area (Å²) in [5.41, 5.74) is 1.34. The van der Waals surface area contributed by atoms with Crippen LogP contribution >= 0.6 is 15.9 Å². The Morgan fingerprint density at radius 2 is 2.12 bits per heavy atom. The van der Waals surface area contributed by atoms with Gasteiger partial charge in [-0.15, -0.1) is 0 Å². The molecule has 25 heavy (non-hydrogen) atoms. The highest BCUT2D eigenvalue weighted by molar-refractivity contribution is 9.10. The number of hydrogen-bond donors (Lipinski definition) is 1. The largest absolute Gasteiger partial charge is 0.468 e. The molecule has 7 nitrogen and oxygen atoms in total. The molecular weight excluding hydrogens is 390 g/mol. The van der Waals surface area contributed by atoms with E-state index in [-0.39, 0.29) is 19.1 Å². The molecule has 2 rings (SSSR count). The quantitative estimate of drug-likeness (QED) is 0.402. The van der Waals surface area contributed by atoms with Gasteiger partial charge in [0.1, 0.15) is 5.56 Å². The number of nitrogens with zero attached hydrogens (tertiary/aromatic N) is 2. The third kappa shape index (κ3) is 4.07. The van der Waals surface area contributed by atoms with Gasteiger partial charge in [-0.05, 0) is 40.3 Å². The number of ether oxygens (including phenoxy) is 1. The molecule has 1 aromatic heterocycles. The summed E-state index contributed by atoms with van der Waals surface area (Å²) in [7, 11) is 1.58. The van der Waals surface area contributed by atoms with Crippen molar-refractivity contribution >= 4 is 40.2 Å². The van der Waals surface area contributed by atoms with Crippen LogP contribution in [0.25, 0.3) is 0 Å². The second kappa shape index (κ2) is 8.05. The lowest BCUT2D eigenvalue weighted by Crippen LogP contribution is -2.59. The molecule has 1 aromatic rings. The Kier molecular flexibility index (Phi) is 6.29. The van der Waals surface area contributed by atoms with Gasteiger partial charge < -0.3 is 4.74 Å². The average molecular weight is 413 g/mol. The lowest BCUT2D eigenvalue weighted by Gasteiger charge is -2.33. The Hall–Kier alpha value is -1.80. The number of anilines is 1. The van der Waals surface area contributed by atoms with Crippen molar-refractivity contribution in [2.75, 3.05) is 25.5 Å². The number of pyridine rings is 1. The number of aromatic nitrogens is 1. The molecule has 0 spiro atoms. The zero-order chi connectivity index (χ0) is 18.6. The van der Waals surface area contributed by atoms with Crippen LogP contribution in [-0.2, 0) is 16.0 Å². The molecule has 0 saturated heterocycles. The van der Waals surface area contributed by atoms with Crippen LogP contribution in [0.3, 0.4) is 0 Å². The van der Waals surface area contributed by atoms with Gasteiger partial charge in [0, 0.05) is 17.1 Å². The molecule has 8 heteroatoms. The minimum atomic E-state index is -0.423. The Morgan fingerprint density at radius 3 is 2.76 bits per heavy atom. The highest BCUT2D eigenvalue weighted by Gasteiger charge is 2.48. The fourth-order valence-electron chi connectivity index (χ4n) is 2.81. The Morgan fingerprint density at radius 1 is 1.40 bits per heavy atom. The molecule has 0 fully saturated rings. The van der Waals surface area contributed by atoms with Gasteiger partial charge >= 0.3 is 11.9 Å². The predicted octanol–water partition coefficient (Wildman–Crippen LogP) is 3.13. The van der Waals surface area contributed by atoms with Crippen molar-refractivity contribution in [1.29, 1.82) is 0 Å². The predicted molar refractivity (Wildman–Crippen MR) is 96.1 cm³/mol. The number of halogens is 1. The maximum absolute atomic E-state index is 13.2. The van der Waals surface area contributed by atoms with Crippen molar-refractivity contribution in [3.8, 4) is 0 Å². The van der Waals surface area contributed by atoms with Crippen LogP contribution in [0, 0.1) is 5.92 Å². The van der Waals surface area contributed by atoms with E-state index in [2.05, 4.69) is 44.8 Å². The van der Waals surface area contributed by atoms with Crippen molar-refractivity contribution in [1.82, 2.24) is 4.98 Å². The van der Waals surface area contributed by atoms with Crippen LogP contribution in [-0.4, -0.2) is 48.1 Å². The molecule has 136 valence electrons. The Bertz CT molecular complexity index is 693. The molecule has 1 aliphatic rings. The van der Waals surface area contributed by atoms with Crippen LogP contribution in [0.4, 0.5) is 10.6 Å². The van der Waals surface area contributed by atoms with Crippen LogP contribution in [0.15, 0.2) is 10.7 Å². The fraction of sp³-hybridized carbons (Fsp3) is 0.529. The van der Waals surface area contributed by atoms with E-state index >= 15 is 0 Å². The van der Waals surface area contributed by atoms with E-state index in [9.17, 15) is 14.4 Å². The molecule has 0 aliphatic carbocycles. The average Bonchev–Trinajstić information content (AvgIpc) is 2.56. The Labute approximate surface area is 155 Å². The van der Waals surface area contributed by atoms with E-state index in [1.165, 1.54) is 0 Å². The van der Waals surface area contributed by atoms with E-state index < -0.39 is 10.5 Å². The number of rotatable bonds is 8. The number of amides is 3. The molecule has 1 N–H and O–H groups in total. The standard InChI is InChI=1S/C17H22BrN3O4/c1-11(2)5-6-12-13(18)9-19-15-14(12)16(23)21(3,17(24)20-15)7-4-8-25-10-22/h9-11H,4-8H2,1-3H3/p+1. The molecule has 0 bridgehead atoms. The number of quaternary nitrogens is 1. The van der Waals surface area contributed by atoms with Crippen molar-refractivity contribution in [2.45, 2.75) is 33.1 Å². The summed E-state index contributed by atoms with van der Waals surface area (Å²) in [5.74, 6) is 0.527.